The fraction of sp³-hybridized carbons (Fsp3) is 0.333. The largest absolute Gasteiger partial charge is 0.495 e. The van der Waals surface area contributed by atoms with Gasteiger partial charge < -0.3 is 14.8 Å². The molecule has 3 nitrogen and oxygen atoms in total. The van der Waals surface area contributed by atoms with Crippen molar-refractivity contribution in [1.29, 1.82) is 0 Å². The maximum atomic E-state index is 5.94. The summed E-state index contributed by atoms with van der Waals surface area (Å²) in [6.45, 7) is 0. The van der Waals surface area contributed by atoms with Crippen molar-refractivity contribution in [3.05, 3.63) is 17.2 Å². The molecule has 0 radical (unpaired) electrons. The lowest BCUT2D eigenvalue weighted by Gasteiger charge is -2.12. The van der Waals surface area contributed by atoms with Gasteiger partial charge >= 0.3 is 0 Å². The van der Waals surface area contributed by atoms with E-state index in [2.05, 4.69) is 21.2 Å². The Labute approximate surface area is 96.5 Å². The number of ether oxygens (including phenoxy) is 2. The van der Waals surface area contributed by atoms with Crippen LogP contribution < -0.4 is 14.8 Å². The highest BCUT2D eigenvalue weighted by molar-refractivity contribution is 9.09. The average molecular weight is 281 g/mol. The number of rotatable bonds is 4. The average Bonchev–Trinajstić information content (AvgIpc) is 2.20. The smallest absolute Gasteiger partial charge is 0.143 e. The van der Waals surface area contributed by atoms with Crippen molar-refractivity contribution in [1.82, 2.24) is 0 Å². The molecule has 14 heavy (non-hydrogen) atoms. The highest BCUT2D eigenvalue weighted by atomic mass is 79.9. The molecule has 0 saturated heterocycles. The highest BCUT2D eigenvalue weighted by Crippen LogP contribution is 2.35. The van der Waals surface area contributed by atoms with Gasteiger partial charge in [-0.05, 0) is 0 Å². The van der Waals surface area contributed by atoms with Crippen LogP contribution in [0.2, 0.25) is 5.02 Å². The zero-order valence-corrected chi connectivity index (χ0v) is 10.3. The minimum absolute atomic E-state index is 0.532. The molecule has 1 N–H and O–H groups in total. The molecule has 1 rings (SSSR count). The first-order chi connectivity index (χ1) is 6.72. The van der Waals surface area contributed by atoms with Crippen molar-refractivity contribution in [3.63, 3.8) is 0 Å². The Hall–Kier alpha value is -0.610. The first kappa shape index (κ1) is 11.5. The molecule has 0 fully saturated rings. The molecule has 0 aromatic heterocycles. The summed E-state index contributed by atoms with van der Waals surface area (Å²) in [5.41, 5.74) is 1.47. The molecule has 5 heteroatoms. The van der Waals surface area contributed by atoms with Gasteiger partial charge in [0.05, 0.1) is 30.4 Å². The van der Waals surface area contributed by atoms with E-state index in [-0.39, 0.29) is 0 Å². The van der Waals surface area contributed by atoms with Crippen LogP contribution in [0.25, 0.3) is 0 Å². The fourth-order valence-electron chi connectivity index (χ4n) is 1.07. The van der Waals surface area contributed by atoms with Crippen molar-refractivity contribution in [2.24, 2.45) is 0 Å². The van der Waals surface area contributed by atoms with Gasteiger partial charge in [-0.3, -0.25) is 0 Å². The first-order valence-electron chi connectivity index (χ1n) is 3.94. The molecular weight excluding hydrogens is 269 g/mol. The first-order valence-corrected chi connectivity index (χ1v) is 5.44. The zero-order valence-electron chi connectivity index (χ0n) is 7.93. The summed E-state index contributed by atoms with van der Waals surface area (Å²) < 4.78 is 10.2. The van der Waals surface area contributed by atoms with E-state index in [0.29, 0.717) is 22.0 Å². The SMILES string of the molecule is COc1cc(NCBr)c(OC)cc1Cl. The molecule has 0 atom stereocenters. The van der Waals surface area contributed by atoms with Crippen molar-refractivity contribution in [2.45, 2.75) is 0 Å². The zero-order chi connectivity index (χ0) is 10.6. The van der Waals surface area contributed by atoms with E-state index >= 15 is 0 Å². The summed E-state index contributed by atoms with van der Waals surface area (Å²) in [5.74, 6) is 1.31. The minimum atomic E-state index is 0.532. The van der Waals surface area contributed by atoms with Gasteiger partial charge in [0, 0.05) is 12.1 Å². The maximum absolute atomic E-state index is 5.94. The number of alkyl halides is 1. The monoisotopic (exact) mass is 279 g/mol. The van der Waals surface area contributed by atoms with Crippen LogP contribution in [0.1, 0.15) is 0 Å². The van der Waals surface area contributed by atoms with Gasteiger partial charge in [0.1, 0.15) is 11.5 Å². The van der Waals surface area contributed by atoms with E-state index in [1.54, 1.807) is 26.4 Å². The van der Waals surface area contributed by atoms with Crippen LogP contribution in [0.5, 0.6) is 11.5 Å². The number of methoxy groups -OCH3 is 2. The van der Waals surface area contributed by atoms with E-state index < -0.39 is 0 Å². The third-order valence-corrected chi connectivity index (χ3v) is 2.31. The maximum Gasteiger partial charge on any atom is 0.143 e. The summed E-state index contributed by atoms with van der Waals surface area (Å²) in [5, 5.41) is 3.61. The molecule has 0 heterocycles. The summed E-state index contributed by atoms with van der Waals surface area (Å²) in [6, 6.07) is 3.51. The second-order valence-corrected chi connectivity index (χ2v) is 3.47. The van der Waals surface area contributed by atoms with E-state index in [0.717, 1.165) is 5.69 Å². The second-order valence-electron chi connectivity index (χ2n) is 2.50. The van der Waals surface area contributed by atoms with Crippen LogP contribution in [0, 0.1) is 0 Å². The van der Waals surface area contributed by atoms with E-state index in [1.165, 1.54) is 0 Å². The Balaban J connectivity index is 3.11. The molecule has 0 aliphatic rings. The third-order valence-electron chi connectivity index (χ3n) is 1.73. The van der Waals surface area contributed by atoms with Gasteiger partial charge in [0.2, 0.25) is 0 Å². The minimum Gasteiger partial charge on any atom is -0.495 e. The van der Waals surface area contributed by atoms with Gasteiger partial charge in [-0.2, -0.15) is 0 Å². The molecule has 0 saturated carbocycles. The number of benzene rings is 1. The Kier molecular flexibility index (Phi) is 4.35. The summed E-state index contributed by atoms with van der Waals surface area (Å²) >= 11 is 9.21. The number of anilines is 1. The molecule has 78 valence electrons. The quantitative estimate of drug-likeness (QED) is 0.679. The lowest BCUT2D eigenvalue weighted by atomic mass is 10.2. The lowest BCUT2D eigenvalue weighted by Crippen LogP contribution is -1.98. The molecule has 0 spiro atoms. The van der Waals surface area contributed by atoms with E-state index in [9.17, 15) is 0 Å². The summed E-state index contributed by atoms with van der Waals surface area (Å²) in [6.07, 6.45) is 0. The number of nitrogens with one attached hydrogen (secondary N) is 1. The van der Waals surface area contributed by atoms with Crippen LogP contribution in [0.3, 0.4) is 0 Å². The summed E-state index contributed by atoms with van der Waals surface area (Å²) in [7, 11) is 3.17. The van der Waals surface area contributed by atoms with Crippen molar-refractivity contribution >= 4 is 33.2 Å². The van der Waals surface area contributed by atoms with Gasteiger partial charge in [-0.15, -0.1) is 0 Å². The highest BCUT2D eigenvalue weighted by Gasteiger charge is 2.08. The predicted molar refractivity (Wildman–Crippen MR) is 62.0 cm³/mol. The van der Waals surface area contributed by atoms with Gasteiger partial charge in [-0.25, -0.2) is 0 Å². The van der Waals surface area contributed by atoms with Gasteiger partial charge in [0.15, 0.2) is 0 Å². The van der Waals surface area contributed by atoms with Gasteiger partial charge in [0.25, 0.3) is 0 Å². The van der Waals surface area contributed by atoms with Crippen molar-refractivity contribution in [2.75, 3.05) is 25.0 Å². The lowest BCUT2D eigenvalue weighted by molar-refractivity contribution is 0.405. The Morgan fingerprint density at radius 1 is 1.29 bits per heavy atom. The Morgan fingerprint density at radius 2 is 1.93 bits per heavy atom. The fourth-order valence-corrected chi connectivity index (χ4v) is 1.60. The molecule has 0 unspecified atom stereocenters. The topological polar surface area (TPSA) is 30.5 Å². The molecule has 1 aromatic rings. The van der Waals surface area contributed by atoms with Gasteiger partial charge in [-0.1, -0.05) is 27.5 Å². The Morgan fingerprint density at radius 3 is 2.43 bits per heavy atom. The number of hydrogen-bond acceptors (Lipinski definition) is 3. The molecule has 1 aromatic carbocycles. The molecular formula is C9H11BrClNO2. The third kappa shape index (κ3) is 2.45. The molecule has 0 bridgehead atoms. The molecule has 0 aliphatic carbocycles. The van der Waals surface area contributed by atoms with Crippen molar-refractivity contribution in [3.8, 4) is 11.5 Å². The van der Waals surface area contributed by atoms with Crippen molar-refractivity contribution < 1.29 is 9.47 Å². The van der Waals surface area contributed by atoms with E-state index in [1.807, 2.05) is 0 Å². The standard InChI is InChI=1S/C9H11BrClNO2/c1-13-8-4-7(12-5-10)9(14-2)3-6(8)11/h3-4,12H,5H2,1-2H3. The molecule has 0 amide bonds. The predicted octanol–water partition coefficient (Wildman–Crippen LogP) is 3.12. The van der Waals surface area contributed by atoms with Crippen LogP contribution in [0.15, 0.2) is 12.1 Å². The number of hydrogen-bond donors (Lipinski definition) is 1. The summed E-state index contributed by atoms with van der Waals surface area (Å²) in [4.78, 5) is 0. The van der Waals surface area contributed by atoms with Crippen LogP contribution in [0.4, 0.5) is 5.69 Å². The van der Waals surface area contributed by atoms with Crippen LogP contribution in [-0.2, 0) is 0 Å². The Bertz CT molecular complexity index is 320. The van der Waals surface area contributed by atoms with Crippen LogP contribution >= 0.6 is 27.5 Å². The van der Waals surface area contributed by atoms with E-state index in [4.69, 9.17) is 21.1 Å². The molecule has 0 aliphatic heterocycles. The normalized spacial score (nSPS) is 9.71. The van der Waals surface area contributed by atoms with Crippen LogP contribution in [-0.4, -0.2) is 19.7 Å². The second kappa shape index (κ2) is 5.32. The number of halogens is 2.